The van der Waals surface area contributed by atoms with Gasteiger partial charge in [0.05, 0.1) is 11.4 Å². The van der Waals surface area contributed by atoms with E-state index in [9.17, 15) is 9.59 Å². The first-order valence-corrected chi connectivity index (χ1v) is 8.13. The van der Waals surface area contributed by atoms with Gasteiger partial charge >= 0.3 is 0 Å². The lowest BCUT2D eigenvalue weighted by Crippen LogP contribution is -2.27. The highest BCUT2D eigenvalue weighted by Crippen LogP contribution is 2.33. The van der Waals surface area contributed by atoms with Crippen LogP contribution >= 0.6 is 0 Å². The van der Waals surface area contributed by atoms with Crippen molar-refractivity contribution in [2.75, 3.05) is 4.90 Å². The lowest BCUT2D eigenvalue weighted by molar-refractivity contribution is -0.125. The molecule has 3 nitrogen and oxygen atoms in total. The molecule has 1 aliphatic rings. The van der Waals surface area contributed by atoms with Gasteiger partial charge in [-0.15, -0.1) is 0 Å². The van der Waals surface area contributed by atoms with Gasteiger partial charge in [-0.1, -0.05) is 50.0 Å². The minimum Gasteiger partial charge on any atom is -0.299 e. The second kappa shape index (κ2) is 6.72. The molecule has 1 amide bonds. The topological polar surface area (TPSA) is 37.4 Å². The van der Waals surface area contributed by atoms with E-state index in [0.29, 0.717) is 0 Å². The Morgan fingerprint density at radius 1 is 0.875 bits per heavy atom. The summed E-state index contributed by atoms with van der Waals surface area (Å²) < 4.78 is 0. The lowest BCUT2D eigenvalue weighted by atomic mass is 10.0. The summed E-state index contributed by atoms with van der Waals surface area (Å²) in [4.78, 5) is 26.5. The number of nitrogens with zero attached hydrogens (tertiary/aromatic N) is 1. The van der Waals surface area contributed by atoms with Crippen LogP contribution in [0.1, 0.15) is 37.8 Å². The van der Waals surface area contributed by atoms with E-state index >= 15 is 0 Å². The van der Waals surface area contributed by atoms with Gasteiger partial charge in [-0.25, -0.2) is 0 Å². The van der Waals surface area contributed by atoms with Gasteiger partial charge in [0.15, 0.2) is 0 Å². The molecule has 0 spiro atoms. The second-order valence-corrected chi connectivity index (χ2v) is 6.13. The van der Waals surface area contributed by atoms with E-state index in [-0.39, 0.29) is 30.4 Å². The number of amides is 1. The number of hydrogen-bond donors (Lipinski definition) is 0. The van der Waals surface area contributed by atoms with Crippen molar-refractivity contribution < 1.29 is 9.59 Å². The Hall–Kier alpha value is -2.86. The van der Waals surface area contributed by atoms with Crippen LogP contribution in [0.5, 0.6) is 0 Å². The summed E-state index contributed by atoms with van der Waals surface area (Å²) in [7, 11) is 0. The van der Waals surface area contributed by atoms with Gasteiger partial charge in [-0.2, -0.15) is 0 Å². The molecule has 0 N–H and O–H groups in total. The molecule has 1 heterocycles. The van der Waals surface area contributed by atoms with Crippen molar-refractivity contribution in [3.63, 3.8) is 0 Å². The number of carbonyl (C=O) groups excluding carboxylic acids is 2. The van der Waals surface area contributed by atoms with Crippen LogP contribution in [-0.4, -0.2) is 11.7 Å². The van der Waals surface area contributed by atoms with Crippen LogP contribution in [0.3, 0.4) is 0 Å². The summed E-state index contributed by atoms with van der Waals surface area (Å²) in [6, 6.07) is 15.2. The fraction of sp³-hybridized carbons (Fsp3) is 0.238. The summed E-state index contributed by atoms with van der Waals surface area (Å²) in [5.74, 6) is 6.24. The van der Waals surface area contributed by atoms with E-state index < -0.39 is 0 Å². The molecule has 0 radical (unpaired) electrons. The average Bonchev–Trinajstić information content (AvgIpc) is 2.76. The predicted octanol–water partition coefficient (Wildman–Crippen LogP) is 4.07. The van der Waals surface area contributed by atoms with E-state index in [1.807, 2.05) is 62.4 Å². The third-order valence-corrected chi connectivity index (χ3v) is 4.10. The molecule has 0 saturated carbocycles. The smallest absolute Gasteiger partial charge is 0.232 e. The fourth-order valence-corrected chi connectivity index (χ4v) is 2.71. The summed E-state index contributed by atoms with van der Waals surface area (Å²) in [5.41, 5.74) is 3.18. The highest BCUT2D eigenvalue weighted by Gasteiger charge is 2.24. The maximum absolute atomic E-state index is 12.9. The van der Waals surface area contributed by atoms with E-state index in [0.717, 1.165) is 22.5 Å². The first-order valence-electron chi connectivity index (χ1n) is 8.13. The number of ketones is 1. The minimum atomic E-state index is -0.0885. The van der Waals surface area contributed by atoms with Crippen molar-refractivity contribution in [2.24, 2.45) is 5.92 Å². The van der Waals surface area contributed by atoms with Crippen molar-refractivity contribution in [1.29, 1.82) is 0 Å². The summed E-state index contributed by atoms with van der Waals surface area (Å²) >= 11 is 0. The lowest BCUT2D eigenvalue weighted by Gasteiger charge is -2.24. The van der Waals surface area contributed by atoms with Crippen LogP contribution < -0.4 is 4.90 Å². The zero-order valence-corrected chi connectivity index (χ0v) is 13.9. The minimum absolute atomic E-state index is 0.0511. The molecule has 0 aliphatic carbocycles. The zero-order valence-electron chi connectivity index (χ0n) is 13.9. The Kier molecular flexibility index (Phi) is 4.48. The number of hydrogen-bond acceptors (Lipinski definition) is 2. The third kappa shape index (κ3) is 3.09. The molecular formula is C21H19NO2. The quantitative estimate of drug-likeness (QED) is 0.797. The van der Waals surface area contributed by atoms with E-state index in [4.69, 9.17) is 0 Å². The highest BCUT2D eigenvalue weighted by atomic mass is 16.2. The Morgan fingerprint density at radius 3 is 1.88 bits per heavy atom. The van der Waals surface area contributed by atoms with Crippen molar-refractivity contribution in [3.8, 4) is 11.8 Å². The number of benzene rings is 2. The average molecular weight is 317 g/mol. The normalized spacial score (nSPS) is 11.9. The fourth-order valence-electron chi connectivity index (χ4n) is 2.71. The molecule has 2 aromatic rings. The molecule has 1 aliphatic heterocycles. The van der Waals surface area contributed by atoms with Crippen molar-refractivity contribution in [3.05, 3.63) is 59.7 Å². The Bertz CT molecular complexity index is 804. The van der Waals surface area contributed by atoms with Crippen LogP contribution in [-0.2, 0) is 9.59 Å². The molecule has 0 atom stereocenters. The van der Waals surface area contributed by atoms with Gasteiger partial charge < -0.3 is 0 Å². The van der Waals surface area contributed by atoms with Gasteiger partial charge in [0.1, 0.15) is 5.78 Å². The monoisotopic (exact) mass is 317 g/mol. The Labute approximate surface area is 142 Å². The predicted molar refractivity (Wildman–Crippen MR) is 95.1 cm³/mol. The number of rotatable bonds is 4. The molecule has 0 saturated heterocycles. The zero-order chi connectivity index (χ0) is 17.1. The maximum Gasteiger partial charge on any atom is 0.232 e. The number of carbonyl (C=O) groups is 2. The van der Waals surface area contributed by atoms with E-state index in [2.05, 4.69) is 11.8 Å². The first-order chi connectivity index (χ1) is 11.6. The SMILES string of the molecule is CC(C)C(=O)CCC(=O)N1c2ccccc2C#Cc2ccccc21. The summed E-state index contributed by atoms with van der Waals surface area (Å²) in [6.07, 6.45) is 0.456. The van der Waals surface area contributed by atoms with Gasteiger partial charge in [-0.05, 0) is 24.3 Å². The molecule has 3 heteroatoms. The van der Waals surface area contributed by atoms with Gasteiger partial charge in [0.2, 0.25) is 5.91 Å². The molecule has 2 aromatic carbocycles. The van der Waals surface area contributed by atoms with Gasteiger partial charge in [0, 0.05) is 29.9 Å². The number of para-hydroxylation sites is 2. The molecule has 0 bridgehead atoms. The standard InChI is InChI=1S/C21H19NO2/c1-15(2)20(23)13-14-21(24)22-18-9-5-3-7-16(18)11-12-17-8-4-6-10-19(17)22/h3-10,15H,13-14H2,1-2H3. The van der Waals surface area contributed by atoms with Gasteiger partial charge in [-0.3, -0.25) is 14.5 Å². The summed E-state index contributed by atoms with van der Waals surface area (Å²) in [6.45, 7) is 3.72. The molecular weight excluding hydrogens is 298 g/mol. The molecule has 24 heavy (non-hydrogen) atoms. The number of Topliss-reactive ketones (excluding diaryl/α,β-unsaturated/α-hetero) is 1. The van der Waals surface area contributed by atoms with Gasteiger partial charge in [0.25, 0.3) is 0 Å². The molecule has 3 rings (SSSR count). The Balaban J connectivity index is 1.99. The first kappa shape index (κ1) is 16.0. The van der Waals surface area contributed by atoms with Crippen LogP contribution in [0.25, 0.3) is 0 Å². The van der Waals surface area contributed by atoms with Crippen molar-refractivity contribution in [1.82, 2.24) is 0 Å². The molecule has 0 aromatic heterocycles. The largest absolute Gasteiger partial charge is 0.299 e. The molecule has 0 unspecified atom stereocenters. The number of fused-ring (bicyclic) bond motifs is 2. The van der Waals surface area contributed by atoms with Crippen LogP contribution in [0, 0.1) is 17.8 Å². The number of anilines is 2. The maximum atomic E-state index is 12.9. The van der Waals surface area contributed by atoms with Crippen LogP contribution in [0.2, 0.25) is 0 Å². The van der Waals surface area contributed by atoms with Crippen LogP contribution in [0.4, 0.5) is 11.4 Å². The van der Waals surface area contributed by atoms with Crippen LogP contribution in [0.15, 0.2) is 48.5 Å². The third-order valence-electron chi connectivity index (χ3n) is 4.10. The van der Waals surface area contributed by atoms with E-state index in [1.54, 1.807) is 4.90 Å². The second-order valence-electron chi connectivity index (χ2n) is 6.13. The molecule has 120 valence electrons. The van der Waals surface area contributed by atoms with Crippen molar-refractivity contribution in [2.45, 2.75) is 26.7 Å². The molecule has 0 fully saturated rings. The Morgan fingerprint density at radius 2 is 1.38 bits per heavy atom. The summed E-state index contributed by atoms with van der Waals surface area (Å²) in [5, 5.41) is 0. The highest BCUT2D eigenvalue weighted by molar-refractivity contribution is 6.04. The van der Waals surface area contributed by atoms with E-state index in [1.165, 1.54) is 0 Å². The van der Waals surface area contributed by atoms with Crippen molar-refractivity contribution >= 4 is 23.1 Å².